The molecule has 5 rings (SSSR count). The molecule has 0 saturated heterocycles. The number of halogens is 1. The largest absolute Gasteiger partial charge is 0.482 e. The van der Waals surface area contributed by atoms with E-state index in [1.54, 1.807) is 30.3 Å². The van der Waals surface area contributed by atoms with Gasteiger partial charge >= 0.3 is 0 Å². The van der Waals surface area contributed by atoms with Crippen molar-refractivity contribution in [3.8, 4) is 17.0 Å². The molecule has 5 aromatic rings. The molecule has 8 nitrogen and oxygen atoms in total. The second-order valence-corrected chi connectivity index (χ2v) is 10.9. The van der Waals surface area contributed by atoms with E-state index < -0.39 is 0 Å². The normalized spacial score (nSPS) is 10.9. The molecule has 216 valence electrons. The number of para-hydroxylation sites is 1. The van der Waals surface area contributed by atoms with E-state index in [2.05, 4.69) is 26.1 Å². The summed E-state index contributed by atoms with van der Waals surface area (Å²) in [5, 5.41) is 13.2. The number of aromatic nitrogens is 1. The Bertz CT molecular complexity index is 1770. The van der Waals surface area contributed by atoms with Crippen LogP contribution in [0.5, 0.6) is 5.75 Å². The number of aryl methyl sites for hydroxylation is 2. The topological polar surface area (TPSA) is 105 Å². The summed E-state index contributed by atoms with van der Waals surface area (Å²) in [4.78, 5) is 29.6. The van der Waals surface area contributed by atoms with E-state index in [0.717, 1.165) is 38.9 Å². The molecule has 0 aliphatic rings. The zero-order valence-corrected chi connectivity index (χ0v) is 25.0. The van der Waals surface area contributed by atoms with E-state index in [4.69, 9.17) is 16.3 Å². The number of carbonyl (C=O) groups excluding carboxylic acids is 2. The summed E-state index contributed by atoms with van der Waals surface area (Å²) in [6, 6.07) is 27.8. The fraction of sp³-hybridized carbons (Fsp3) is 0.0909. The maximum absolute atomic E-state index is 12.6. The highest BCUT2D eigenvalue weighted by atomic mass is 35.5. The number of hydrogen-bond donors (Lipinski definition) is 3. The maximum atomic E-state index is 12.6. The minimum absolute atomic E-state index is 0.191. The number of nitrogens with one attached hydrogen (secondary N) is 3. The van der Waals surface area contributed by atoms with Crippen LogP contribution in [0.2, 0.25) is 5.02 Å². The van der Waals surface area contributed by atoms with Gasteiger partial charge in [0.15, 0.2) is 11.7 Å². The van der Waals surface area contributed by atoms with Gasteiger partial charge in [-0.3, -0.25) is 9.59 Å². The lowest BCUT2D eigenvalue weighted by molar-refractivity contribution is -0.118. The molecule has 1 heterocycles. The Morgan fingerprint density at radius 3 is 2.53 bits per heavy atom. The molecule has 0 radical (unpaired) electrons. The number of benzene rings is 4. The van der Waals surface area contributed by atoms with Crippen LogP contribution in [0.25, 0.3) is 11.3 Å². The number of thiazole rings is 1. The molecule has 43 heavy (non-hydrogen) atoms. The van der Waals surface area contributed by atoms with Crippen LogP contribution in [0.1, 0.15) is 27.0 Å². The smallest absolute Gasteiger partial charge is 0.271 e. The Labute approximate surface area is 258 Å². The second-order valence-electron chi connectivity index (χ2n) is 9.65. The van der Waals surface area contributed by atoms with Crippen LogP contribution in [0.3, 0.4) is 0 Å². The van der Waals surface area contributed by atoms with E-state index in [-0.39, 0.29) is 18.4 Å². The average Bonchev–Trinajstić information content (AvgIpc) is 3.47. The molecule has 2 amide bonds. The van der Waals surface area contributed by atoms with Crippen LogP contribution in [-0.2, 0) is 4.79 Å². The van der Waals surface area contributed by atoms with Crippen molar-refractivity contribution < 1.29 is 14.3 Å². The molecule has 10 heteroatoms. The molecular formula is C33H28ClN5O3S. The highest BCUT2D eigenvalue weighted by Gasteiger charge is 2.10. The number of nitrogens with zero attached hydrogens (tertiary/aromatic N) is 2. The van der Waals surface area contributed by atoms with Crippen molar-refractivity contribution in [2.45, 2.75) is 13.8 Å². The molecule has 0 unspecified atom stereocenters. The third-order valence-corrected chi connectivity index (χ3v) is 7.39. The zero-order valence-electron chi connectivity index (χ0n) is 23.4. The zero-order chi connectivity index (χ0) is 30.2. The van der Waals surface area contributed by atoms with Crippen LogP contribution in [0, 0.1) is 13.8 Å². The summed E-state index contributed by atoms with van der Waals surface area (Å²) in [5.41, 5.74) is 9.08. The number of ether oxygens (including phenoxy) is 1. The maximum Gasteiger partial charge on any atom is 0.271 e. The number of hydrogen-bond acceptors (Lipinski definition) is 7. The van der Waals surface area contributed by atoms with Gasteiger partial charge in [0.1, 0.15) is 5.75 Å². The summed E-state index contributed by atoms with van der Waals surface area (Å²) in [6.07, 6.45) is 1.48. The Balaban J connectivity index is 1.11. The predicted molar refractivity (Wildman–Crippen MR) is 174 cm³/mol. The number of anilines is 3. The number of amides is 2. The molecule has 0 aliphatic heterocycles. The van der Waals surface area contributed by atoms with Crippen LogP contribution in [0.4, 0.5) is 16.5 Å². The molecule has 0 fully saturated rings. The van der Waals surface area contributed by atoms with Gasteiger partial charge in [-0.25, -0.2) is 10.4 Å². The molecule has 0 aliphatic carbocycles. The summed E-state index contributed by atoms with van der Waals surface area (Å²) in [7, 11) is 0. The lowest BCUT2D eigenvalue weighted by atomic mass is 10.1. The lowest BCUT2D eigenvalue weighted by Crippen LogP contribution is -2.20. The Kier molecular flexibility index (Phi) is 9.46. The predicted octanol–water partition coefficient (Wildman–Crippen LogP) is 7.61. The van der Waals surface area contributed by atoms with Crippen LogP contribution >= 0.6 is 22.9 Å². The van der Waals surface area contributed by atoms with Gasteiger partial charge in [-0.05, 0) is 79.1 Å². The minimum Gasteiger partial charge on any atom is -0.482 e. The monoisotopic (exact) mass is 609 g/mol. The van der Waals surface area contributed by atoms with E-state index in [1.165, 1.54) is 17.6 Å². The fourth-order valence-corrected chi connectivity index (χ4v) is 5.03. The third kappa shape index (κ3) is 8.06. The van der Waals surface area contributed by atoms with Gasteiger partial charge < -0.3 is 15.4 Å². The van der Waals surface area contributed by atoms with Crippen LogP contribution in [0.15, 0.2) is 101 Å². The molecular weight excluding hydrogens is 582 g/mol. The molecule has 0 atom stereocenters. The van der Waals surface area contributed by atoms with Crippen molar-refractivity contribution in [3.63, 3.8) is 0 Å². The van der Waals surface area contributed by atoms with Crippen LogP contribution in [-0.4, -0.2) is 29.6 Å². The average molecular weight is 610 g/mol. The molecule has 3 N–H and O–H groups in total. The van der Waals surface area contributed by atoms with E-state index in [1.807, 2.05) is 79.9 Å². The van der Waals surface area contributed by atoms with Crippen molar-refractivity contribution in [1.29, 1.82) is 0 Å². The van der Waals surface area contributed by atoms with E-state index in [0.29, 0.717) is 21.9 Å². The van der Waals surface area contributed by atoms with E-state index in [9.17, 15) is 9.59 Å². The number of carbonyl (C=O) groups is 2. The fourth-order valence-electron chi connectivity index (χ4n) is 4.05. The summed E-state index contributed by atoms with van der Waals surface area (Å²) in [5.74, 6) is -0.280. The molecule has 1 aromatic heterocycles. The van der Waals surface area contributed by atoms with Crippen molar-refractivity contribution in [2.24, 2.45) is 5.10 Å². The SMILES string of the molecule is Cc1ccc(C)c(NC(=O)COc2ccc(/C=N/NC(=O)c3ccc(-c4csc(Nc5ccccc5)n4)cc3)cc2Cl)c1. The Hall–Kier alpha value is -4.99. The summed E-state index contributed by atoms with van der Waals surface area (Å²) >= 11 is 7.86. The number of hydrazone groups is 1. The van der Waals surface area contributed by atoms with Gasteiger partial charge in [0.25, 0.3) is 11.8 Å². The second kappa shape index (κ2) is 13.8. The highest BCUT2D eigenvalue weighted by Crippen LogP contribution is 2.28. The van der Waals surface area contributed by atoms with E-state index >= 15 is 0 Å². The van der Waals surface area contributed by atoms with Gasteiger partial charge in [-0.15, -0.1) is 11.3 Å². The van der Waals surface area contributed by atoms with Crippen molar-refractivity contribution in [3.05, 3.63) is 124 Å². The van der Waals surface area contributed by atoms with Crippen molar-refractivity contribution >= 4 is 57.5 Å². The first-order valence-corrected chi connectivity index (χ1v) is 14.6. The quantitative estimate of drug-likeness (QED) is 0.112. The van der Waals surface area contributed by atoms with Gasteiger partial charge in [0, 0.05) is 27.9 Å². The van der Waals surface area contributed by atoms with Gasteiger partial charge in [0.2, 0.25) is 0 Å². The first kappa shape index (κ1) is 29.5. The Morgan fingerprint density at radius 1 is 0.977 bits per heavy atom. The van der Waals surface area contributed by atoms with Gasteiger partial charge in [0.05, 0.1) is 16.9 Å². The molecule has 4 aromatic carbocycles. The first-order chi connectivity index (χ1) is 20.8. The highest BCUT2D eigenvalue weighted by molar-refractivity contribution is 7.14. The Morgan fingerprint density at radius 2 is 1.77 bits per heavy atom. The lowest BCUT2D eigenvalue weighted by Gasteiger charge is -2.11. The molecule has 0 saturated carbocycles. The van der Waals surface area contributed by atoms with Crippen LogP contribution < -0.4 is 20.8 Å². The van der Waals surface area contributed by atoms with Gasteiger partial charge in [-0.2, -0.15) is 5.10 Å². The molecule has 0 spiro atoms. The minimum atomic E-state index is -0.353. The summed E-state index contributed by atoms with van der Waals surface area (Å²) in [6.45, 7) is 3.70. The van der Waals surface area contributed by atoms with Gasteiger partial charge in [-0.1, -0.05) is 54.1 Å². The first-order valence-electron chi connectivity index (χ1n) is 13.3. The third-order valence-electron chi connectivity index (χ3n) is 6.33. The molecule has 0 bridgehead atoms. The summed E-state index contributed by atoms with van der Waals surface area (Å²) < 4.78 is 5.60. The van der Waals surface area contributed by atoms with Crippen molar-refractivity contribution in [1.82, 2.24) is 10.4 Å². The number of rotatable bonds is 10. The van der Waals surface area contributed by atoms with Crippen molar-refractivity contribution in [2.75, 3.05) is 17.2 Å². The standard InChI is InChI=1S/C33H28ClN5O3S/c1-21-8-9-22(2)28(16-21)37-31(40)19-42-30-15-10-23(17-27(30)34)18-35-39-32(41)25-13-11-24(12-14-25)29-20-43-33(38-29)36-26-6-4-3-5-7-26/h3-18,20H,19H2,1-2H3,(H,36,38)(H,37,40)(H,39,41)/b35-18+.